The van der Waals surface area contributed by atoms with Gasteiger partial charge in [-0.2, -0.15) is 0 Å². The molecule has 0 aliphatic carbocycles. The summed E-state index contributed by atoms with van der Waals surface area (Å²) in [4.78, 5) is 4.79. The van der Waals surface area contributed by atoms with E-state index in [1.165, 1.54) is 14.8 Å². The summed E-state index contributed by atoms with van der Waals surface area (Å²) in [7, 11) is 0. The van der Waals surface area contributed by atoms with Crippen LogP contribution in [0.4, 0.5) is 0 Å². The lowest BCUT2D eigenvalue weighted by molar-refractivity contribution is 1.23. The largest absolute Gasteiger partial charge is 0.300 e. The van der Waals surface area contributed by atoms with Gasteiger partial charge in [0.25, 0.3) is 0 Å². The van der Waals surface area contributed by atoms with Gasteiger partial charge in [-0.25, -0.2) is 4.98 Å². The number of benzene rings is 2. The standard InChI is InChI=1S/C17H9ClN2S/c18-11-9-12-16(19-14-7-3-4-8-20(12)14)17-15(11)10-5-1-2-6-13(10)21-17/h1-9H. The molecule has 3 heterocycles. The van der Waals surface area contributed by atoms with Gasteiger partial charge in [0.15, 0.2) is 0 Å². The van der Waals surface area contributed by atoms with Gasteiger partial charge in [0.2, 0.25) is 0 Å². The van der Waals surface area contributed by atoms with Crippen molar-refractivity contribution < 1.29 is 0 Å². The summed E-state index contributed by atoms with van der Waals surface area (Å²) in [6.07, 6.45) is 2.03. The molecule has 0 fully saturated rings. The summed E-state index contributed by atoms with van der Waals surface area (Å²) in [6, 6.07) is 16.4. The highest BCUT2D eigenvalue weighted by Gasteiger charge is 2.15. The Kier molecular flexibility index (Phi) is 2.18. The number of halogens is 1. The summed E-state index contributed by atoms with van der Waals surface area (Å²) in [5.41, 5.74) is 3.05. The maximum Gasteiger partial charge on any atom is 0.137 e. The van der Waals surface area contributed by atoms with E-state index < -0.39 is 0 Å². The Labute approximate surface area is 129 Å². The number of fused-ring (bicyclic) bond motifs is 7. The van der Waals surface area contributed by atoms with Crippen molar-refractivity contribution in [3.05, 3.63) is 59.8 Å². The topological polar surface area (TPSA) is 17.3 Å². The molecule has 2 nitrogen and oxygen atoms in total. The van der Waals surface area contributed by atoms with Gasteiger partial charge in [0, 0.05) is 21.7 Å². The first-order chi connectivity index (χ1) is 10.3. The molecule has 0 aliphatic heterocycles. The molecule has 3 aromatic heterocycles. The second-order valence-corrected chi connectivity index (χ2v) is 6.53. The van der Waals surface area contributed by atoms with E-state index in [2.05, 4.69) is 28.7 Å². The molecular formula is C17H9ClN2S. The average Bonchev–Trinajstić information content (AvgIpc) is 3.06. The minimum Gasteiger partial charge on any atom is -0.300 e. The highest BCUT2D eigenvalue weighted by atomic mass is 35.5. The summed E-state index contributed by atoms with van der Waals surface area (Å²) in [6.45, 7) is 0. The predicted octanol–water partition coefficient (Wildman–Crippen LogP) is 5.51. The summed E-state index contributed by atoms with van der Waals surface area (Å²) < 4.78 is 4.51. The van der Waals surface area contributed by atoms with Gasteiger partial charge in [-0.05, 0) is 24.3 Å². The van der Waals surface area contributed by atoms with Crippen LogP contribution in [-0.2, 0) is 0 Å². The third-order valence-electron chi connectivity index (χ3n) is 3.88. The Balaban J connectivity index is 2.14. The maximum atomic E-state index is 6.58. The molecule has 0 saturated heterocycles. The molecule has 100 valence electrons. The van der Waals surface area contributed by atoms with E-state index in [9.17, 15) is 0 Å². The van der Waals surface area contributed by atoms with Crippen LogP contribution in [0.2, 0.25) is 5.02 Å². The number of pyridine rings is 1. The van der Waals surface area contributed by atoms with Gasteiger partial charge in [-0.1, -0.05) is 35.9 Å². The van der Waals surface area contributed by atoms with E-state index in [1.54, 1.807) is 11.3 Å². The maximum absolute atomic E-state index is 6.58. The number of hydrogen-bond donors (Lipinski definition) is 0. The number of thiophene rings is 1. The van der Waals surface area contributed by atoms with E-state index in [0.29, 0.717) is 0 Å². The SMILES string of the molecule is Clc1cc2c(nc3ccccn32)c2sc3ccccc3c12. The zero-order chi connectivity index (χ0) is 14.0. The summed E-state index contributed by atoms with van der Waals surface area (Å²) in [5, 5.41) is 3.12. The molecule has 2 aromatic carbocycles. The fraction of sp³-hybridized carbons (Fsp3) is 0. The highest BCUT2D eigenvalue weighted by Crippen LogP contribution is 2.42. The van der Waals surface area contributed by atoms with E-state index >= 15 is 0 Å². The molecule has 4 heteroatoms. The lowest BCUT2D eigenvalue weighted by atomic mass is 10.1. The van der Waals surface area contributed by atoms with Crippen molar-refractivity contribution in [1.82, 2.24) is 9.38 Å². The Morgan fingerprint density at radius 1 is 1.05 bits per heavy atom. The molecular weight excluding hydrogens is 300 g/mol. The fourth-order valence-electron chi connectivity index (χ4n) is 2.96. The molecule has 0 amide bonds. The van der Waals surface area contributed by atoms with Gasteiger partial charge < -0.3 is 0 Å². The zero-order valence-electron chi connectivity index (χ0n) is 10.9. The van der Waals surface area contributed by atoms with E-state index in [4.69, 9.17) is 16.6 Å². The minimum absolute atomic E-state index is 0.792. The summed E-state index contributed by atoms with van der Waals surface area (Å²) >= 11 is 8.34. The third kappa shape index (κ3) is 1.45. The van der Waals surface area contributed by atoms with Crippen LogP contribution >= 0.6 is 22.9 Å². The van der Waals surface area contributed by atoms with Gasteiger partial charge in [0.1, 0.15) is 11.2 Å². The Bertz CT molecular complexity index is 1150. The van der Waals surface area contributed by atoms with Crippen LogP contribution in [0.5, 0.6) is 0 Å². The Morgan fingerprint density at radius 3 is 2.86 bits per heavy atom. The Morgan fingerprint density at radius 2 is 1.90 bits per heavy atom. The normalized spacial score (nSPS) is 12.0. The molecule has 0 saturated carbocycles. The van der Waals surface area contributed by atoms with Crippen LogP contribution in [0, 0.1) is 0 Å². The summed E-state index contributed by atoms with van der Waals surface area (Å²) in [5.74, 6) is 0. The molecule has 5 rings (SSSR count). The van der Waals surface area contributed by atoms with Crippen molar-refractivity contribution in [2.75, 3.05) is 0 Å². The first-order valence-electron chi connectivity index (χ1n) is 6.69. The van der Waals surface area contributed by atoms with Gasteiger partial charge >= 0.3 is 0 Å². The highest BCUT2D eigenvalue weighted by molar-refractivity contribution is 7.26. The van der Waals surface area contributed by atoms with Gasteiger partial charge in [-0.15, -0.1) is 11.3 Å². The molecule has 0 bridgehead atoms. The molecule has 0 radical (unpaired) electrons. The zero-order valence-corrected chi connectivity index (χ0v) is 12.4. The fourth-order valence-corrected chi connectivity index (χ4v) is 4.53. The number of rotatable bonds is 0. The number of hydrogen-bond acceptors (Lipinski definition) is 2. The van der Waals surface area contributed by atoms with Crippen LogP contribution in [0.25, 0.3) is 36.9 Å². The van der Waals surface area contributed by atoms with Crippen LogP contribution in [0.3, 0.4) is 0 Å². The first-order valence-corrected chi connectivity index (χ1v) is 7.89. The van der Waals surface area contributed by atoms with Crippen molar-refractivity contribution >= 4 is 59.8 Å². The molecule has 0 N–H and O–H groups in total. The number of imidazole rings is 1. The minimum atomic E-state index is 0.792. The molecule has 0 spiro atoms. The van der Waals surface area contributed by atoms with Gasteiger partial charge in [0.05, 0.1) is 15.2 Å². The van der Waals surface area contributed by atoms with Crippen LogP contribution in [-0.4, -0.2) is 9.38 Å². The lowest BCUT2D eigenvalue weighted by Crippen LogP contribution is -1.81. The predicted molar refractivity (Wildman–Crippen MR) is 90.6 cm³/mol. The first kappa shape index (κ1) is 11.5. The second-order valence-electron chi connectivity index (χ2n) is 5.07. The molecule has 0 unspecified atom stereocenters. The monoisotopic (exact) mass is 308 g/mol. The molecule has 5 aromatic rings. The van der Waals surface area contributed by atoms with E-state index in [0.717, 1.165) is 27.1 Å². The van der Waals surface area contributed by atoms with Crippen molar-refractivity contribution in [1.29, 1.82) is 0 Å². The van der Waals surface area contributed by atoms with Gasteiger partial charge in [-0.3, -0.25) is 4.40 Å². The second kappa shape index (κ2) is 3.97. The Hall–Kier alpha value is -2.10. The number of aromatic nitrogens is 2. The third-order valence-corrected chi connectivity index (χ3v) is 5.36. The van der Waals surface area contributed by atoms with Crippen molar-refractivity contribution in [3.8, 4) is 0 Å². The lowest BCUT2D eigenvalue weighted by Gasteiger charge is -1.98. The smallest absolute Gasteiger partial charge is 0.137 e. The average molecular weight is 309 g/mol. The van der Waals surface area contributed by atoms with Crippen molar-refractivity contribution in [3.63, 3.8) is 0 Å². The molecule has 0 aliphatic rings. The molecule has 0 atom stereocenters. The van der Waals surface area contributed by atoms with Crippen LogP contribution in [0.15, 0.2) is 54.7 Å². The van der Waals surface area contributed by atoms with E-state index in [-0.39, 0.29) is 0 Å². The number of nitrogens with zero attached hydrogens (tertiary/aromatic N) is 2. The molecule has 21 heavy (non-hydrogen) atoms. The van der Waals surface area contributed by atoms with Crippen LogP contribution < -0.4 is 0 Å². The van der Waals surface area contributed by atoms with Crippen molar-refractivity contribution in [2.45, 2.75) is 0 Å². The van der Waals surface area contributed by atoms with Crippen LogP contribution in [0.1, 0.15) is 0 Å². The quantitative estimate of drug-likeness (QED) is 0.369. The van der Waals surface area contributed by atoms with E-state index in [1.807, 2.05) is 30.5 Å². The van der Waals surface area contributed by atoms with Crippen molar-refractivity contribution in [2.24, 2.45) is 0 Å².